The summed E-state index contributed by atoms with van der Waals surface area (Å²) in [4.78, 5) is 29.7. The first-order chi connectivity index (χ1) is 15.7. The highest BCUT2D eigenvalue weighted by Crippen LogP contribution is 2.34. The number of rotatable bonds is 8. The first-order valence-electron chi connectivity index (χ1n) is 10.2. The first kappa shape index (κ1) is 24.9. The van der Waals surface area contributed by atoms with E-state index in [1.165, 1.54) is 18.0 Å². The smallest absolute Gasteiger partial charge is 0.344 e. The molecule has 8 nitrogen and oxygen atoms in total. The van der Waals surface area contributed by atoms with Crippen LogP contribution in [0, 0.1) is 0 Å². The summed E-state index contributed by atoms with van der Waals surface area (Å²) in [5.74, 6) is 0.696. The van der Waals surface area contributed by atoms with Gasteiger partial charge in [-0.1, -0.05) is 38.8 Å². The van der Waals surface area contributed by atoms with Crippen molar-refractivity contribution in [3.05, 3.63) is 61.0 Å². The third kappa shape index (κ3) is 6.00. The average Bonchev–Trinajstić information content (AvgIpc) is 2.76. The first-order valence-corrected chi connectivity index (χ1v) is 11.8. The zero-order valence-electron chi connectivity index (χ0n) is 18.6. The van der Waals surface area contributed by atoms with Crippen molar-refractivity contribution in [3.63, 3.8) is 0 Å². The maximum atomic E-state index is 13.1. The molecular weight excluding hydrogens is 558 g/mol. The highest BCUT2D eigenvalue weighted by atomic mass is 79.9. The Kier molecular flexibility index (Phi) is 8.25. The number of halogens is 2. The van der Waals surface area contributed by atoms with Crippen LogP contribution in [0.15, 0.2) is 49.2 Å². The Hall–Kier alpha value is -2.72. The number of aryl methyl sites for hydroxylation is 1. The van der Waals surface area contributed by atoms with Crippen LogP contribution in [-0.4, -0.2) is 41.7 Å². The van der Waals surface area contributed by atoms with Gasteiger partial charge in [-0.25, -0.2) is 9.78 Å². The molecule has 0 aliphatic rings. The summed E-state index contributed by atoms with van der Waals surface area (Å²) >= 11 is 6.83. The van der Waals surface area contributed by atoms with E-state index in [2.05, 4.69) is 41.9 Å². The SMILES string of the molecule is CCc1nc2ccc(Br)cc2c(=O)n1N=Cc1cc(Br)cc(OC)c1OCC(=O)OC(C)C. The van der Waals surface area contributed by atoms with Crippen LogP contribution in [0.1, 0.15) is 32.2 Å². The summed E-state index contributed by atoms with van der Waals surface area (Å²) in [5, 5.41) is 4.85. The minimum Gasteiger partial charge on any atom is -0.493 e. The Morgan fingerprint density at radius 2 is 1.97 bits per heavy atom. The van der Waals surface area contributed by atoms with Crippen LogP contribution in [0.3, 0.4) is 0 Å². The molecule has 0 atom stereocenters. The number of hydrogen-bond donors (Lipinski definition) is 0. The number of hydrogen-bond acceptors (Lipinski definition) is 7. The standard InChI is InChI=1S/C23H23Br2N3O5/c1-5-20-27-18-7-6-15(24)9-17(18)23(30)28(20)26-11-14-8-16(25)10-19(31-4)22(14)32-12-21(29)33-13(2)3/h6-11,13H,5,12H2,1-4H3. The van der Waals surface area contributed by atoms with Crippen molar-refractivity contribution >= 4 is 54.9 Å². The molecule has 0 aliphatic heterocycles. The zero-order chi connectivity index (χ0) is 24.1. The van der Waals surface area contributed by atoms with Crippen LogP contribution < -0.4 is 15.0 Å². The van der Waals surface area contributed by atoms with E-state index in [4.69, 9.17) is 14.2 Å². The highest BCUT2D eigenvalue weighted by Gasteiger charge is 2.16. The van der Waals surface area contributed by atoms with E-state index in [0.717, 1.165) is 4.47 Å². The Morgan fingerprint density at radius 1 is 1.21 bits per heavy atom. The van der Waals surface area contributed by atoms with Gasteiger partial charge in [0.1, 0.15) is 5.82 Å². The van der Waals surface area contributed by atoms with Crippen molar-refractivity contribution in [2.24, 2.45) is 5.10 Å². The summed E-state index contributed by atoms with van der Waals surface area (Å²) in [6, 6.07) is 8.79. The van der Waals surface area contributed by atoms with E-state index in [0.29, 0.717) is 44.7 Å². The number of nitrogens with zero attached hydrogens (tertiary/aromatic N) is 3. The lowest BCUT2D eigenvalue weighted by Gasteiger charge is -2.14. The maximum Gasteiger partial charge on any atom is 0.344 e. The van der Waals surface area contributed by atoms with E-state index in [-0.39, 0.29) is 18.3 Å². The van der Waals surface area contributed by atoms with Crippen LogP contribution in [0.5, 0.6) is 11.5 Å². The van der Waals surface area contributed by atoms with E-state index >= 15 is 0 Å². The molecule has 0 unspecified atom stereocenters. The van der Waals surface area contributed by atoms with Crippen LogP contribution >= 0.6 is 31.9 Å². The summed E-state index contributed by atoms with van der Waals surface area (Å²) in [6.07, 6.45) is 1.72. The summed E-state index contributed by atoms with van der Waals surface area (Å²) in [6.45, 7) is 5.11. The van der Waals surface area contributed by atoms with E-state index in [1.54, 1.807) is 38.1 Å². The lowest BCUT2D eigenvalue weighted by Crippen LogP contribution is -2.22. The predicted octanol–water partition coefficient (Wildman–Crippen LogP) is 4.71. The van der Waals surface area contributed by atoms with Crippen molar-refractivity contribution in [2.45, 2.75) is 33.3 Å². The van der Waals surface area contributed by atoms with Gasteiger partial charge in [-0.05, 0) is 44.2 Å². The molecule has 1 heterocycles. The van der Waals surface area contributed by atoms with Gasteiger partial charge in [0, 0.05) is 20.9 Å². The largest absolute Gasteiger partial charge is 0.493 e. The van der Waals surface area contributed by atoms with Gasteiger partial charge in [0.25, 0.3) is 5.56 Å². The van der Waals surface area contributed by atoms with Crippen molar-refractivity contribution < 1.29 is 19.0 Å². The third-order valence-electron chi connectivity index (χ3n) is 4.47. The number of fused-ring (bicyclic) bond motifs is 1. The van der Waals surface area contributed by atoms with Crippen LogP contribution in [0.25, 0.3) is 10.9 Å². The fraction of sp³-hybridized carbons (Fsp3) is 0.304. The Balaban J connectivity index is 2.05. The van der Waals surface area contributed by atoms with Crippen LogP contribution in [0.4, 0.5) is 0 Å². The average molecular weight is 581 g/mol. The molecule has 0 fully saturated rings. The number of carbonyl (C=O) groups excluding carboxylic acids is 1. The van der Waals surface area contributed by atoms with E-state index in [9.17, 15) is 9.59 Å². The molecule has 0 saturated carbocycles. The minimum absolute atomic E-state index is 0.256. The predicted molar refractivity (Wildman–Crippen MR) is 133 cm³/mol. The number of esters is 1. The molecular formula is C23H23Br2N3O5. The second-order valence-electron chi connectivity index (χ2n) is 7.26. The molecule has 3 aromatic rings. The lowest BCUT2D eigenvalue weighted by atomic mass is 10.2. The fourth-order valence-electron chi connectivity index (χ4n) is 3.08. The van der Waals surface area contributed by atoms with Gasteiger partial charge in [0.15, 0.2) is 18.1 Å². The van der Waals surface area contributed by atoms with Crippen molar-refractivity contribution in [2.75, 3.05) is 13.7 Å². The third-order valence-corrected chi connectivity index (χ3v) is 5.42. The van der Waals surface area contributed by atoms with Gasteiger partial charge >= 0.3 is 5.97 Å². The van der Waals surface area contributed by atoms with Gasteiger partial charge in [0.05, 0.1) is 30.3 Å². The molecule has 0 amide bonds. The Morgan fingerprint density at radius 3 is 2.64 bits per heavy atom. The zero-order valence-corrected chi connectivity index (χ0v) is 21.8. The van der Waals surface area contributed by atoms with Crippen LogP contribution in [0.2, 0.25) is 0 Å². The topological polar surface area (TPSA) is 92.0 Å². The van der Waals surface area contributed by atoms with Gasteiger partial charge in [-0.15, -0.1) is 0 Å². The molecule has 0 bridgehead atoms. The van der Waals surface area contributed by atoms with E-state index < -0.39 is 5.97 Å². The monoisotopic (exact) mass is 579 g/mol. The summed E-state index contributed by atoms with van der Waals surface area (Å²) < 4.78 is 19.0. The molecule has 0 aliphatic carbocycles. The lowest BCUT2D eigenvalue weighted by molar-refractivity contribution is -0.149. The fourth-order valence-corrected chi connectivity index (χ4v) is 3.90. The second kappa shape index (κ2) is 10.9. The Labute approximate surface area is 207 Å². The Bertz CT molecular complexity index is 1270. The number of ether oxygens (including phenoxy) is 3. The molecule has 174 valence electrons. The van der Waals surface area contributed by atoms with Gasteiger partial charge in [0.2, 0.25) is 0 Å². The molecule has 0 N–H and O–H groups in total. The van der Waals surface area contributed by atoms with Gasteiger partial charge in [-0.3, -0.25) is 4.79 Å². The number of carbonyl (C=O) groups is 1. The van der Waals surface area contributed by atoms with Gasteiger partial charge < -0.3 is 14.2 Å². The molecule has 2 aromatic carbocycles. The number of methoxy groups -OCH3 is 1. The second-order valence-corrected chi connectivity index (χ2v) is 9.09. The van der Waals surface area contributed by atoms with E-state index in [1.807, 2.05) is 13.0 Å². The molecule has 1 aromatic heterocycles. The van der Waals surface area contributed by atoms with Crippen molar-refractivity contribution in [3.8, 4) is 11.5 Å². The number of aromatic nitrogens is 2. The van der Waals surface area contributed by atoms with Crippen LogP contribution in [-0.2, 0) is 16.0 Å². The molecule has 10 heteroatoms. The molecule has 0 radical (unpaired) electrons. The highest BCUT2D eigenvalue weighted by molar-refractivity contribution is 9.10. The number of benzene rings is 2. The van der Waals surface area contributed by atoms with Crippen molar-refractivity contribution in [1.82, 2.24) is 9.66 Å². The minimum atomic E-state index is -0.508. The maximum absolute atomic E-state index is 13.1. The van der Waals surface area contributed by atoms with Crippen molar-refractivity contribution in [1.29, 1.82) is 0 Å². The molecule has 0 spiro atoms. The molecule has 33 heavy (non-hydrogen) atoms. The summed E-state index contributed by atoms with van der Waals surface area (Å²) in [5.41, 5.74) is 0.810. The normalized spacial score (nSPS) is 11.4. The molecule has 3 rings (SSSR count). The van der Waals surface area contributed by atoms with Gasteiger partial charge in [-0.2, -0.15) is 9.78 Å². The summed E-state index contributed by atoms with van der Waals surface area (Å²) in [7, 11) is 1.49. The molecule has 0 saturated heterocycles. The quantitative estimate of drug-likeness (QED) is 0.283.